The average Bonchev–Trinajstić information content (AvgIpc) is 2.55. The molecule has 2 rings (SSSR count). The molecule has 2 nitrogen and oxygen atoms in total. The first-order valence-corrected chi connectivity index (χ1v) is 7.43. The lowest BCUT2D eigenvalue weighted by molar-refractivity contribution is 1.12. The third kappa shape index (κ3) is 3.22. The molecule has 0 aliphatic heterocycles. The predicted octanol–water partition coefficient (Wildman–Crippen LogP) is 4.35. The first-order valence-electron chi connectivity index (χ1n) is 7.43. The molecule has 2 heteroatoms. The van der Waals surface area contributed by atoms with E-state index in [1.807, 2.05) is 14.1 Å². The zero-order chi connectivity index (χ0) is 16.3. The second-order valence-electron chi connectivity index (χ2n) is 5.56. The van der Waals surface area contributed by atoms with E-state index < -0.39 is 0 Å². The second-order valence-corrected chi connectivity index (χ2v) is 5.56. The Hall–Kier alpha value is -2.48. The lowest BCUT2D eigenvalue weighted by Crippen LogP contribution is -2.06. The summed E-state index contributed by atoms with van der Waals surface area (Å²) in [6.45, 7) is 12.4. The Labute approximate surface area is 133 Å². The summed E-state index contributed by atoms with van der Waals surface area (Å²) in [5, 5.41) is 6.24. The van der Waals surface area contributed by atoms with Crippen LogP contribution >= 0.6 is 0 Å². The third-order valence-electron chi connectivity index (χ3n) is 4.07. The molecule has 2 N–H and O–H groups in total. The highest BCUT2D eigenvalue weighted by Gasteiger charge is 2.08. The summed E-state index contributed by atoms with van der Waals surface area (Å²) in [5.74, 6) is 0. The standard InChI is InChI=1S/C20H24N2/c1-13-7-8-17(9-14(13)2)20-11-18(15(3)21-5)10-19(12-20)16(4)22-6/h7-12,21-22H,3-4H2,1-2,5-6H3. The van der Waals surface area contributed by atoms with Crippen molar-refractivity contribution in [2.45, 2.75) is 13.8 Å². The van der Waals surface area contributed by atoms with Gasteiger partial charge in [0.25, 0.3) is 0 Å². The van der Waals surface area contributed by atoms with Crippen LogP contribution < -0.4 is 10.6 Å². The average molecular weight is 292 g/mol. The number of nitrogens with one attached hydrogen (secondary N) is 2. The quantitative estimate of drug-likeness (QED) is 0.856. The maximum absolute atomic E-state index is 4.07. The van der Waals surface area contributed by atoms with Crippen molar-refractivity contribution in [2.75, 3.05) is 14.1 Å². The maximum atomic E-state index is 4.07. The van der Waals surface area contributed by atoms with Gasteiger partial charge < -0.3 is 10.6 Å². The minimum Gasteiger partial charge on any atom is -0.388 e. The molecule has 2 aromatic rings. The lowest BCUT2D eigenvalue weighted by Gasteiger charge is -2.14. The highest BCUT2D eigenvalue weighted by Crippen LogP contribution is 2.28. The smallest absolute Gasteiger partial charge is 0.0338 e. The zero-order valence-electron chi connectivity index (χ0n) is 13.9. The molecule has 0 atom stereocenters. The van der Waals surface area contributed by atoms with Crippen molar-refractivity contribution < 1.29 is 0 Å². The van der Waals surface area contributed by atoms with Crippen molar-refractivity contribution >= 4 is 11.4 Å². The molecule has 0 bridgehead atoms. The first kappa shape index (κ1) is 15.9. The molecule has 0 spiro atoms. The Morgan fingerprint density at radius 1 is 0.727 bits per heavy atom. The minimum absolute atomic E-state index is 0.899. The van der Waals surface area contributed by atoms with Crippen LogP contribution in [0.5, 0.6) is 0 Å². The Morgan fingerprint density at radius 2 is 1.27 bits per heavy atom. The molecule has 0 amide bonds. The van der Waals surface area contributed by atoms with E-state index in [4.69, 9.17) is 0 Å². The summed E-state index contributed by atoms with van der Waals surface area (Å²) in [4.78, 5) is 0. The molecule has 0 aliphatic rings. The monoisotopic (exact) mass is 292 g/mol. The SMILES string of the molecule is C=C(NC)c1cc(C(=C)NC)cc(-c2ccc(C)c(C)c2)c1. The van der Waals surface area contributed by atoms with E-state index in [1.165, 1.54) is 22.3 Å². The van der Waals surface area contributed by atoms with Crippen molar-refractivity contribution in [3.8, 4) is 11.1 Å². The maximum Gasteiger partial charge on any atom is 0.0338 e. The Kier molecular flexibility index (Phi) is 4.71. The van der Waals surface area contributed by atoms with E-state index in [0.717, 1.165) is 22.5 Å². The van der Waals surface area contributed by atoms with Crippen molar-refractivity contribution in [2.24, 2.45) is 0 Å². The van der Waals surface area contributed by atoms with Crippen molar-refractivity contribution in [3.63, 3.8) is 0 Å². The molecule has 0 radical (unpaired) electrons. The number of hydrogen-bond donors (Lipinski definition) is 2. The lowest BCUT2D eigenvalue weighted by atomic mass is 9.95. The molecular weight excluding hydrogens is 268 g/mol. The fraction of sp³-hybridized carbons (Fsp3) is 0.200. The van der Waals surface area contributed by atoms with E-state index in [-0.39, 0.29) is 0 Å². The van der Waals surface area contributed by atoms with Crippen LogP contribution in [0.1, 0.15) is 22.3 Å². The van der Waals surface area contributed by atoms with Gasteiger partial charge in [0.1, 0.15) is 0 Å². The summed E-state index contributed by atoms with van der Waals surface area (Å²) in [6, 6.07) is 13.0. The predicted molar refractivity (Wildman–Crippen MR) is 97.5 cm³/mol. The van der Waals surface area contributed by atoms with E-state index >= 15 is 0 Å². The highest BCUT2D eigenvalue weighted by atomic mass is 14.8. The van der Waals surface area contributed by atoms with Gasteiger partial charge in [0.05, 0.1) is 0 Å². The van der Waals surface area contributed by atoms with Gasteiger partial charge in [-0.1, -0.05) is 31.4 Å². The molecular formula is C20H24N2. The number of aryl methyl sites for hydroxylation is 2. The van der Waals surface area contributed by atoms with Gasteiger partial charge in [-0.25, -0.2) is 0 Å². The van der Waals surface area contributed by atoms with Gasteiger partial charge >= 0.3 is 0 Å². The van der Waals surface area contributed by atoms with Crippen molar-refractivity contribution in [3.05, 3.63) is 71.8 Å². The third-order valence-corrected chi connectivity index (χ3v) is 4.07. The van der Waals surface area contributed by atoms with Crippen LogP contribution in [0.2, 0.25) is 0 Å². The van der Waals surface area contributed by atoms with Crippen molar-refractivity contribution in [1.82, 2.24) is 10.6 Å². The van der Waals surface area contributed by atoms with Gasteiger partial charge in [0, 0.05) is 25.5 Å². The summed E-state index contributed by atoms with van der Waals surface area (Å²) < 4.78 is 0. The van der Waals surface area contributed by atoms with Gasteiger partial charge in [-0.3, -0.25) is 0 Å². The zero-order valence-corrected chi connectivity index (χ0v) is 13.9. The summed E-state index contributed by atoms with van der Waals surface area (Å²) >= 11 is 0. The van der Waals surface area contributed by atoms with Crippen LogP contribution in [0, 0.1) is 13.8 Å². The summed E-state index contributed by atoms with van der Waals surface area (Å²) in [5.41, 5.74) is 8.92. The van der Waals surface area contributed by atoms with Crippen LogP contribution in [0.15, 0.2) is 49.6 Å². The molecule has 0 heterocycles. The van der Waals surface area contributed by atoms with Crippen LogP contribution in [0.25, 0.3) is 22.5 Å². The van der Waals surface area contributed by atoms with Crippen LogP contribution in [0.4, 0.5) is 0 Å². The molecule has 0 fully saturated rings. The summed E-state index contributed by atoms with van der Waals surface area (Å²) in [7, 11) is 3.77. The van der Waals surface area contributed by atoms with E-state index in [1.54, 1.807) is 0 Å². The van der Waals surface area contributed by atoms with Gasteiger partial charge in [-0.05, 0) is 65.4 Å². The number of benzene rings is 2. The van der Waals surface area contributed by atoms with Gasteiger partial charge in [0.2, 0.25) is 0 Å². The topological polar surface area (TPSA) is 24.1 Å². The highest BCUT2D eigenvalue weighted by molar-refractivity contribution is 5.77. The molecule has 2 aromatic carbocycles. The van der Waals surface area contributed by atoms with Crippen LogP contribution in [-0.2, 0) is 0 Å². The second kappa shape index (κ2) is 6.52. The fourth-order valence-electron chi connectivity index (χ4n) is 2.35. The number of hydrogen-bond acceptors (Lipinski definition) is 2. The Balaban J connectivity index is 2.60. The van der Waals surface area contributed by atoms with Crippen LogP contribution in [-0.4, -0.2) is 14.1 Å². The molecule has 22 heavy (non-hydrogen) atoms. The minimum atomic E-state index is 0.899. The van der Waals surface area contributed by atoms with Crippen LogP contribution in [0.3, 0.4) is 0 Å². The largest absolute Gasteiger partial charge is 0.388 e. The van der Waals surface area contributed by atoms with Crippen molar-refractivity contribution in [1.29, 1.82) is 0 Å². The summed E-state index contributed by atoms with van der Waals surface area (Å²) in [6.07, 6.45) is 0. The molecule has 0 aliphatic carbocycles. The van der Waals surface area contributed by atoms with E-state index in [0.29, 0.717) is 0 Å². The number of rotatable bonds is 5. The molecule has 0 aromatic heterocycles. The molecule has 0 unspecified atom stereocenters. The molecule has 0 saturated carbocycles. The Morgan fingerprint density at radius 3 is 1.73 bits per heavy atom. The Bertz CT molecular complexity index is 692. The van der Waals surface area contributed by atoms with Gasteiger partial charge in [-0.2, -0.15) is 0 Å². The normalized spacial score (nSPS) is 10.2. The van der Waals surface area contributed by atoms with Gasteiger partial charge in [-0.15, -0.1) is 0 Å². The fourth-order valence-corrected chi connectivity index (χ4v) is 2.35. The molecule has 114 valence electrons. The molecule has 0 saturated heterocycles. The first-order chi connectivity index (χ1) is 10.5. The van der Waals surface area contributed by atoms with E-state index in [2.05, 4.69) is 74.0 Å². The van der Waals surface area contributed by atoms with Gasteiger partial charge in [0.15, 0.2) is 0 Å². The van der Waals surface area contributed by atoms with E-state index in [9.17, 15) is 0 Å².